The van der Waals surface area contributed by atoms with Gasteiger partial charge >= 0.3 is 11.9 Å². The van der Waals surface area contributed by atoms with Gasteiger partial charge in [-0.05, 0) is 6.07 Å². The lowest BCUT2D eigenvalue weighted by molar-refractivity contribution is -0.136. The van der Waals surface area contributed by atoms with Crippen LogP contribution in [-0.2, 0) is 11.4 Å². The molecule has 23 heavy (non-hydrogen) atoms. The molecule has 0 spiro atoms. The van der Waals surface area contributed by atoms with E-state index in [4.69, 9.17) is 10.2 Å². The van der Waals surface area contributed by atoms with Crippen LogP contribution < -0.4 is 5.56 Å². The molecule has 2 aromatic heterocycles. The molecule has 0 aromatic carbocycles. The zero-order valence-electron chi connectivity index (χ0n) is 11.7. The lowest BCUT2D eigenvalue weighted by atomic mass is 9.99. The van der Waals surface area contributed by atoms with E-state index in [0.717, 1.165) is 12.3 Å². The van der Waals surface area contributed by atoms with Crippen LogP contribution in [0.2, 0.25) is 0 Å². The lowest BCUT2D eigenvalue weighted by Crippen LogP contribution is -2.22. The van der Waals surface area contributed by atoms with Crippen LogP contribution in [0.15, 0.2) is 17.1 Å². The van der Waals surface area contributed by atoms with Crippen LogP contribution in [0.5, 0.6) is 0 Å². The van der Waals surface area contributed by atoms with Gasteiger partial charge in [0.15, 0.2) is 5.78 Å². The van der Waals surface area contributed by atoms with Gasteiger partial charge in [-0.1, -0.05) is 0 Å². The number of hydrogen-bond donors (Lipinski definition) is 4. The first kappa shape index (κ1) is 16.3. The van der Waals surface area contributed by atoms with E-state index < -0.39 is 42.7 Å². The van der Waals surface area contributed by atoms with Crippen LogP contribution in [-0.4, -0.2) is 43.0 Å². The highest BCUT2D eigenvalue weighted by Gasteiger charge is 2.20. The van der Waals surface area contributed by atoms with Crippen molar-refractivity contribution < 1.29 is 29.7 Å². The summed E-state index contributed by atoms with van der Waals surface area (Å²) in [5, 5.41) is 27.2. The maximum absolute atomic E-state index is 12.1. The normalized spacial score (nSPS) is 10.7. The second-order valence-corrected chi connectivity index (χ2v) is 4.70. The molecule has 0 aliphatic heterocycles. The van der Waals surface area contributed by atoms with E-state index >= 15 is 0 Å². The van der Waals surface area contributed by atoms with Crippen LogP contribution >= 0.6 is 0 Å². The van der Waals surface area contributed by atoms with Crippen molar-refractivity contribution in [2.45, 2.75) is 19.4 Å². The number of pyridine rings is 2. The maximum Gasteiger partial charge on any atom is 0.354 e. The van der Waals surface area contributed by atoms with Crippen molar-refractivity contribution in [3.8, 4) is 0 Å². The Bertz CT molecular complexity index is 869. The Morgan fingerprint density at radius 1 is 1.17 bits per heavy atom. The van der Waals surface area contributed by atoms with Crippen LogP contribution in [0.1, 0.15) is 39.3 Å². The van der Waals surface area contributed by atoms with Gasteiger partial charge in [-0.15, -0.1) is 0 Å². The Labute approximate surface area is 128 Å². The lowest BCUT2D eigenvalue weighted by Gasteiger charge is -2.09. The highest BCUT2D eigenvalue weighted by molar-refractivity contribution is 6.02. The number of aliphatic carboxylic acids is 1. The van der Waals surface area contributed by atoms with Crippen LogP contribution in [0.3, 0.4) is 0 Å². The number of nitrogens with zero attached hydrogens (tertiary/aromatic N) is 1. The number of hydrogen-bond acceptors (Lipinski definition) is 6. The van der Waals surface area contributed by atoms with Gasteiger partial charge in [0.1, 0.15) is 5.69 Å². The fourth-order valence-electron chi connectivity index (χ4n) is 2.18. The van der Waals surface area contributed by atoms with Gasteiger partial charge in [0.2, 0.25) is 0 Å². The minimum Gasteiger partial charge on any atom is -0.481 e. The Morgan fingerprint density at radius 2 is 1.87 bits per heavy atom. The summed E-state index contributed by atoms with van der Waals surface area (Å²) in [7, 11) is 0. The monoisotopic (exact) mass is 320 g/mol. The largest absolute Gasteiger partial charge is 0.481 e. The second-order valence-electron chi connectivity index (χ2n) is 4.70. The fraction of sp³-hybridized carbons (Fsp3) is 0.214. The zero-order valence-corrected chi connectivity index (χ0v) is 11.7. The summed E-state index contributed by atoms with van der Waals surface area (Å²) in [6.45, 7) is -0.683. The number of rotatable bonds is 6. The minimum absolute atomic E-state index is 0.0518. The Hall–Kier alpha value is -3.07. The highest BCUT2D eigenvalue weighted by Crippen LogP contribution is 2.20. The molecular weight excluding hydrogens is 308 g/mol. The smallest absolute Gasteiger partial charge is 0.354 e. The van der Waals surface area contributed by atoms with Crippen molar-refractivity contribution in [2.75, 3.05) is 0 Å². The Kier molecular flexibility index (Phi) is 4.51. The number of H-pyrrole nitrogens is 1. The van der Waals surface area contributed by atoms with Crippen LogP contribution in [0.4, 0.5) is 0 Å². The molecule has 4 N–H and O–H groups in total. The zero-order chi connectivity index (χ0) is 17.1. The molecular formula is C14H12N2O7. The number of carbonyl (C=O) groups excluding carboxylic acids is 1. The molecule has 2 rings (SSSR count). The van der Waals surface area contributed by atoms with E-state index in [1.807, 2.05) is 0 Å². The minimum atomic E-state index is -1.30. The van der Waals surface area contributed by atoms with E-state index in [0.29, 0.717) is 0 Å². The topological polar surface area (TPSA) is 158 Å². The third-order valence-corrected chi connectivity index (χ3v) is 3.23. The summed E-state index contributed by atoms with van der Waals surface area (Å²) < 4.78 is 0. The predicted molar refractivity (Wildman–Crippen MR) is 76.4 cm³/mol. The maximum atomic E-state index is 12.1. The molecule has 0 radical (unpaired) electrons. The summed E-state index contributed by atoms with van der Waals surface area (Å²) in [6, 6.07) is 1.13. The van der Waals surface area contributed by atoms with Gasteiger partial charge in [0, 0.05) is 17.4 Å². The fourth-order valence-corrected chi connectivity index (χ4v) is 2.18. The van der Waals surface area contributed by atoms with Crippen LogP contribution in [0, 0.1) is 0 Å². The summed E-state index contributed by atoms with van der Waals surface area (Å²) in [4.78, 5) is 51.7. The van der Waals surface area contributed by atoms with E-state index in [-0.39, 0.29) is 27.7 Å². The van der Waals surface area contributed by atoms with Crippen molar-refractivity contribution in [3.63, 3.8) is 0 Å². The second kappa shape index (κ2) is 6.36. The van der Waals surface area contributed by atoms with Gasteiger partial charge in [0.05, 0.1) is 30.3 Å². The average molecular weight is 320 g/mol. The molecule has 0 aliphatic rings. The molecule has 0 unspecified atom stereocenters. The third kappa shape index (κ3) is 3.24. The number of aliphatic hydroxyl groups is 1. The molecule has 2 heterocycles. The number of ketones is 1. The number of nitrogens with one attached hydrogen (secondary N) is 1. The number of carboxylic acid groups (broad SMARTS) is 2. The van der Waals surface area contributed by atoms with E-state index in [9.17, 15) is 24.3 Å². The Morgan fingerprint density at radius 3 is 2.43 bits per heavy atom. The number of aromatic carboxylic acids is 1. The molecule has 9 heteroatoms. The molecule has 0 amide bonds. The highest BCUT2D eigenvalue weighted by atomic mass is 16.4. The first-order valence-electron chi connectivity index (χ1n) is 6.49. The van der Waals surface area contributed by atoms with Crippen molar-refractivity contribution in [1.82, 2.24) is 9.97 Å². The molecule has 0 atom stereocenters. The molecule has 0 fully saturated rings. The van der Waals surface area contributed by atoms with Crippen molar-refractivity contribution >= 4 is 28.6 Å². The number of carboxylic acids is 2. The van der Waals surface area contributed by atoms with E-state index in [1.54, 1.807) is 0 Å². The number of carbonyl (C=O) groups is 3. The van der Waals surface area contributed by atoms with E-state index in [2.05, 4.69) is 9.97 Å². The van der Waals surface area contributed by atoms with Crippen molar-refractivity contribution in [2.24, 2.45) is 0 Å². The molecule has 120 valence electrons. The molecule has 9 nitrogen and oxygen atoms in total. The molecule has 2 aromatic rings. The van der Waals surface area contributed by atoms with Crippen molar-refractivity contribution in [3.05, 3.63) is 39.4 Å². The number of aromatic nitrogens is 2. The van der Waals surface area contributed by atoms with Gasteiger partial charge in [-0.25, -0.2) is 9.78 Å². The summed E-state index contributed by atoms with van der Waals surface area (Å²) in [5.74, 6) is -3.24. The number of Topliss-reactive ketones (excluding diaryl/α,β-unsaturated/α-hetero) is 1. The average Bonchev–Trinajstić information content (AvgIpc) is 2.50. The van der Waals surface area contributed by atoms with Gasteiger partial charge in [-0.2, -0.15) is 0 Å². The third-order valence-electron chi connectivity index (χ3n) is 3.23. The van der Waals surface area contributed by atoms with Gasteiger partial charge < -0.3 is 20.3 Å². The summed E-state index contributed by atoms with van der Waals surface area (Å²) in [6.07, 6.45) is 0.247. The molecule has 0 saturated heterocycles. The van der Waals surface area contributed by atoms with Gasteiger partial charge in [0.25, 0.3) is 5.56 Å². The first-order chi connectivity index (χ1) is 10.8. The van der Waals surface area contributed by atoms with E-state index in [1.165, 1.54) is 0 Å². The summed E-state index contributed by atoms with van der Waals surface area (Å²) >= 11 is 0. The van der Waals surface area contributed by atoms with Gasteiger partial charge in [-0.3, -0.25) is 14.4 Å². The number of fused-ring (bicyclic) bond motifs is 1. The SMILES string of the molecule is O=C(O)CCC(=O)c1c(CO)c2cc(C(=O)O)ncc2[nH]c1=O. The van der Waals surface area contributed by atoms with Crippen molar-refractivity contribution in [1.29, 1.82) is 0 Å². The van der Waals surface area contributed by atoms with Crippen LogP contribution in [0.25, 0.3) is 10.9 Å². The standard InChI is InChI=1S/C14H12N2O7/c17-5-7-6-3-8(14(22)23)15-4-9(6)16-13(21)12(7)10(18)1-2-11(19)20/h3-4,17H,1-2,5H2,(H,16,21)(H,19,20)(H,22,23). The Balaban J connectivity index is 2.66. The molecule has 0 bridgehead atoms. The predicted octanol–water partition coefficient (Wildman–Crippen LogP) is 0.161. The molecule has 0 aliphatic carbocycles. The number of aromatic amines is 1. The quantitative estimate of drug-likeness (QED) is 0.548. The molecule has 0 saturated carbocycles. The summed E-state index contributed by atoms with van der Waals surface area (Å²) in [5.41, 5.74) is -1.36. The number of aliphatic hydroxyl groups excluding tert-OH is 1. The first-order valence-corrected chi connectivity index (χ1v) is 6.49.